The number of anilines is 1. The van der Waals surface area contributed by atoms with Crippen molar-refractivity contribution in [3.63, 3.8) is 0 Å². The lowest BCUT2D eigenvalue weighted by molar-refractivity contribution is -0.140. The molecular weight excluding hydrogens is 337 g/mol. The van der Waals surface area contributed by atoms with Crippen molar-refractivity contribution < 1.29 is 25.9 Å². The summed E-state index contributed by atoms with van der Waals surface area (Å²) in [5.41, 5.74) is -0.674. The standard InChI is InChI=1S/C16H17F3N4O2.2H2/c1-15(2,14(25)21-9-16(17,18)19)23-12-7-8-20-13(22-12)10-3-5-11(24)6-4-10;;/h3-8,24H,9H2,1-2H3,(H,21,25)(H,20,22,23);2*1H. The summed E-state index contributed by atoms with van der Waals surface area (Å²) in [7, 11) is 0. The summed E-state index contributed by atoms with van der Waals surface area (Å²) in [4.78, 5) is 20.3. The molecule has 3 N–H and O–H groups in total. The van der Waals surface area contributed by atoms with E-state index in [1.165, 1.54) is 38.2 Å². The van der Waals surface area contributed by atoms with Crippen LogP contribution in [-0.2, 0) is 4.79 Å². The molecule has 1 amide bonds. The Labute approximate surface area is 145 Å². The third kappa shape index (κ3) is 5.33. The predicted octanol–water partition coefficient (Wildman–Crippen LogP) is 3.21. The minimum atomic E-state index is -4.48. The van der Waals surface area contributed by atoms with E-state index in [9.17, 15) is 23.1 Å². The first-order valence-electron chi connectivity index (χ1n) is 7.32. The highest BCUT2D eigenvalue weighted by Gasteiger charge is 2.33. The number of alkyl halides is 3. The minimum Gasteiger partial charge on any atom is -0.508 e. The fourth-order valence-corrected chi connectivity index (χ4v) is 1.96. The summed E-state index contributed by atoms with van der Waals surface area (Å²) < 4.78 is 36.7. The van der Waals surface area contributed by atoms with Gasteiger partial charge in [0.25, 0.3) is 0 Å². The van der Waals surface area contributed by atoms with Crippen LogP contribution in [0.1, 0.15) is 16.7 Å². The van der Waals surface area contributed by atoms with Crippen LogP contribution in [0.15, 0.2) is 36.5 Å². The van der Waals surface area contributed by atoms with Crippen molar-refractivity contribution >= 4 is 11.7 Å². The maximum atomic E-state index is 12.2. The second-order valence-corrected chi connectivity index (χ2v) is 5.86. The highest BCUT2D eigenvalue weighted by Crippen LogP contribution is 2.21. The van der Waals surface area contributed by atoms with E-state index in [2.05, 4.69) is 15.3 Å². The molecule has 0 unspecified atom stereocenters. The van der Waals surface area contributed by atoms with Crippen LogP contribution in [0.5, 0.6) is 5.75 Å². The van der Waals surface area contributed by atoms with Crippen LogP contribution < -0.4 is 10.6 Å². The number of carbonyl (C=O) groups is 1. The summed E-state index contributed by atoms with van der Waals surface area (Å²) in [6.07, 6.45) is -3.02. The molecule has 0 radical (unpaired) electrons. The van der Waals surface area contributed by atoms with Gasteiger partial charge in [0.05, 0.1) is 0 Å². The summed E-state index contributed by atoms with van der Waals surface area (Å²) in [6, 6.07) is 7.70. The van der Waals surface area contributed by atoms with Crippen LogP contribution in [0, 0.1) is 0 Å². The van der Waals surface area contributed by atoms with Gasteiger partial charge in [-0.15, -0.1) is 0 Å². The Balaban J connectivity index is 0.00000338. The highest BCUT2D eigenvalue weighted by molar-refractivity contribution is 5.88. The fourth-order valence-electron chi connectivity index (χ4n) is 1.96. The van der Waals surface area contributed by atoms with E-state index in [1.54, 1.807) is 12.1 Å². The first-order chi connectivity index (χ1) is 11.6. The van der Waals surface area contributed by atoms with Crippen molar-refractivity contribution in [1.29, 1.82) is 0 Å². The van der Waals surface area contributed by atoms with E-state index >= 15 is 0 Å². The molecule has 2 rings (SSSR count). The van der Waals surface area contributed by atoms with Gasteiger partial charge >= 0.3 is 6.18 Å². The van der Waals surface area contributed by atoms with E-state index in [0.29, 0.717) is 11.4 Å². The molecular formula is C16H21F3N4O2. The maximum absolute atomic E-state index is 12.2. The van der Waals surface area contributed by atoms with Gasteiger partial charge in [-0.05, 0) is 44.2 Å². The second kappa shape index (κ2) is 6.96. The largest absolute Gasteiger partial charge is 0.508 e. The van der Waals surface area contributed by atoms with Crippen LogP contribution >= 0.6 is 0 Å². The van der Waals surface area contributed by atoms with Gasteiger partial charge in [0, 0.05) is 14.6 Å². The van der Waals surface area contributed by atoms with Gasteiger partial charge in [-0.3, -0.25) is 4.79 Å². The lowest BCUT2D eigenvalue weighted by Crippen LogP contribution is -2.50. The number of carbonyl (C=O) groups excluding carboxylic acids is 1. The van der Waals surface area contributed by atoms with Crippen LogP contribution in [0.2, 0.25) is 0 Å². The molecule has 0 saturated heterocycles. The molecule has 0 saturated carbocycles. The Hall–Kier alpha value is -2.84. The van der Waals surface area contributed by atoms with Gasteiger partial charge < -0.3 is 15.7 Å². The van der Waals surface area contributed by atoms with E-state index in [4.69, 9.17) is 0 Å². The lowest BCUT2D eigenvalue weighted by atomic mass is 10.0. The van der Waals surface area contributed by atoms with E-state index in [0.717, 1.165) is 0 Å². The van der Waals surface area contributed by atoms with Crippen LogP contribution in [0.25, 0.3) is 11.4 Å². The zero-order chi connectivity index (χ0) is 18.7. The number of aromatic hydroxyl groups is 1. The molecule has 138 valence electrons. The first-order valence-corrected chi connectivity index (χ1v) is 7.32. The number of nitrogens with one attached hydrogen (secondary N) is 2. The first kappa shape index (κ1) is 18.5. The Morgan fingerprint density at radius 2 is 1.84 bits per heavy atom. The summed E-state index contributed by atoms with van der Waals surface area (Å²) in [6.45, 7) is 1.49. The van der Waals surface area contributed by atoms with E-state index in [-0.39, 0.29) is 14.4 Å². The monoisotopic (exact) mass is 358 g/mol. The zero-order valence-electron chi connectivity index (χ0n) is 13.6. The van der Waals surface area contributed by atoms with Crippen molar-refractivity contribution in [2.75, 3.05) is 11.9 Å². The lowest BCUT2D eigenvalue weighted by Gasteiger charge is -2.26. The van der Waals surface area contributed by atoms with Crippen molar-refractivity contribution in [2.24, 2.45) is 0 Å². The third-order valence-electron chi connectivity index (χ3n) is 3.24. The molecule has 0 spiro atoms. The molecule has 25 heavy (non-hydrogen) atoms. The van der Waals surface area contributed by atoms with Crippen LogP contribution in [-0.4, -0.2) is 39.2 Å². The predicted molar refractivity (Wildman–Crippen MR) is 90.1 cm³/mol. The second-order valence-electron chi connectivity index (χ2n) is 5.86. The average Bonchev–Trinajstić information content (AvgIpc) is 2.52. The van der Waals surface area contributed by atoms with E-state index < -0.39 is 24.2 Å². The van der Waals surface area contributed by atoms with Gasteiger partial charge in [-0.1, -0.05) is 0 Å². The Bertz CT molecular complexity index is 756. The molecule has 0 aliphatic carbocycles. The molecule has 0 atom stereocenters. The molecule has 1 aromatic carbocycles. The molecule has 6 nitrogen and oxygen atoms in total. The number of amides is 1. The van der Waals surface area contributed by atoms with Gasteiger partial charge in [0.2, 0.25) is 5.91 Å². The Morgan fingerprint density at radius 1 is 1.20 bits per heavy atom. The number of hydrogen-bond acceptors (Lipinski definition) is 5. The van der Waals surface area contributed by atoms with Gasteiger partial charge in [-0.25, -0.2) is 9.97 Å². The number of halogens is 3. The topological polar surface area (TPSA) is 87.1 Å². The molecule has 0 fully saturated rings. The average molecular weight is 358 g/mol. The maximum Gasteiger partial charge on any atom is 0.405 e. The molecule has 0 aliphatic rings. The van der Waals surface area contributed by atoms with Gasteiger partial charge in [0.15, 0.2) is 5.82 Å². The minimum absolute atomic E-state index is 0. The number of phenolic OH excluding ortho intramolecular Hbond substituents is 1. The Kier molecular flexibility index (Phi) is 5.15. The van der Waals surface area contributed by atoms with Crippen LogP contribution in [0.4, 0.5) is 19.0 Å². The molecule has 9 heteroatoms. The molecule has 2 aromatic rings. The SMILES string of the molecule is CC(C)(Nc1ccnc(-c2ccc(O)cc2)n1)C(=O)NCC(F)(F)F.[HH].[HH]. The summed E-state index contributed by atoms with van der Waals surface area (Å²) in [5, 5.41) is 13.9. The third-order valence-corrected chi connectivity index (χ3v) is 3.24. The van der Waals surface area contributed by atoms with Gasteiger partial charge in [0.1, 0.15) is 23.7 Å². The number of aromatic nitrogens is 2. The zero-order valence-corrected chi connectivity index (χ0v) is 13.6. The number of rotatable bonds is 5. The highest BCUT2D eigenvalue weighted by atomic mass is 19.4. The van der Waals surface area contributed by atoms with Crippen molar-refractivity contribution in [2.45, 2.75) is 25.6 Å². The molecule has 0 bridgehead atoms. The van der Waals surface area contributed by atoms with E-state index in [1.807, 2.05) is 5.32 Å². The smallest absolute Gasteiger partial charge is 0.405 e. The number of phenols is 1. The normalized spacial score (nSPS) is 11.9. The number of benzene rings is 1. The quantitative estimate of drug-likeness (QED) is 0.764. The molecule has 0 aliphatic heterocycles. The number of nitrogens with zero attached hydrogens (tertiary/aromatic N) is 2. The summed E-state index contributed by atoms with van der Waals surface area (Å²) in [5.74, 6) is -0.0862. The van der Waals surface area contributed by atoms with Gasteiger partial charge in [-0.2, -0.15) is 13.2 Å². The van der Waals surface area contributed by atoms with Crippen molar-refractivity contribution in [1.82, 2.24) is 15.3 Å². The summed E-state index contributed by atoms with van der Waals surface area (Å²) >= 11 is 0. The Morgan fingerprint density at radius 3 is 2.44 bits per heavy atom. The number of hydrogen-bond donors (Lipinski definition) is 3. The van der Waals surface area contributed by atoms with Crippen molar-refractivity contribution in [3.8, 4) is 17.1 Å². The van der Waals surface area contributed by atoms with Crippen molar-refractivity contribution in [3.05, 3.63) is 36.5 Å². The van der Waals surface area contributed by atoms with Crippen LogP contribution in [0.3, 0.4) is 0 Å². The molecule has 1 heterocycles. The fraction of sp³-hybridized carbons (Fsp3) is 0.312. The molecule has 1 aromatic heterocycles.